The third-order valence-corrected chi connectivity index (χ3v) is 20.6. The number of benzene rings is 3. The van der Waals surface area contributed by atoms with E-state index in [0.29, 0.717) is 0 Å². The minimum absolute atomic E-state index is 0.0362. The highest BCUT2D eigenvalue weighted by Crippen LogP contribution is 2.57. The molecule has 0 spiro atoms. The van der Waals surface area contributed by atoms with E-state index in [1.807, 2.05) is 0 Å². The highest BCUT2D eigenvalue weighted by molar-refractivity contribution is 7.43. The Bertz CT molecular complexity index is 2610. The third-order valence-electron chi connectivity index (χ3n) is 19.6. The Morgan fingerprint density at radius 2 is 0.351 bits per heavy atom. The molecule has 0 amide bonds. The largest absolute Gasteiger partial charge is 0.530 e. The Morgan fingerprint density at radius 3 is 0.500 bits per heavy atom. The molecule has 0 aliphatic heterocycles. The van der Waals surface area contributed by atoms with Crippen LogP contribution in [0.25, 0.3) is 0 Å². The molecule has 94 heavy (non-hydrogen) atoms. The quantitative estimate of drug-likeness (QED) is 0.0623. The van der Waals surface area contributed by atoms with Crippen LogP contribution in [0.2, 0.25) is 0 Å². The molecule has 0 N–H and O–H groups in total. The summed E-state index contributed by atoms with van der Waals surface area (Å²) in [6.45, 7) is 102. The van der Waals surface area contributed by atoms with Crippen LogP contribution in [-0.4, -0.2) is 0 Å². The molecule has 0 aliphatic rings. The standard InChI is InChI=1S/C90H159O3P/c1-73(2,3)52-79(19,20)58-85(31,32)64-43-46-70(67(49-64)88(37,38)61-82(25,26)55-76(10,11)12)91-94(92-71-47-44-65(86(33,34)59-80(21,22)53-74(4,5)6)50-68(71)89(39,40)62-83(27,28)56-77(13,14)15)93-72-48-45-66(87(35,36)60-81(23,24)54-75(7,8)9)51-69(72)90(41,42)63-84(29,30)57-78(16,17)18/h43-51H,52-63H2,1-42H3. The van der Waals surface area contributed by atoms with Gasteiger partial charge in [-0.05, 0) is 209 Å². The highest BCUT2D eigenvalue weighted by Gasteiger charge is 2.44. The van der Waals surface area contributed by atoms with Crippen molar-refractivity contribution >= 4 is 8.60 Å². The van der Waals surface area contributed by atoms with Crippen LogP contribution in [0.4, 0.5) is 0 Å². The van der Waals surface area contributed by atoms with Gasteiger partial charge < -0.3 is 13.6 Å². The van der Waals surface area contributed by atoms with Crippen molar-refractivity contribution in [2.45, 2.75) is 400 Å². The van der Waals surface area contributed by atoms with E-state index in [0.717, 1.165) is 94.3 Å². The lowest BCUT2D eigenvalue weighted by Gasteiger charge is -2.42. The molecular formula is C90H159O3P. The number of hydrogen-bond acceptors (Lipinski definition) is 3. The maximum absolute atomic E-state index is 7.90. The van der Waals surface area contributed by atoms with Crippen LogP contribution < -0.4 is 13.6 Å². The van der Waals surface area contributed by atoms with E-state index in [1.54, 1.807) is 0 Å². The van der Waals surface area contributed by atoms with E-state index in [1.165, 1.54) is 33.4 Å². The lowest BCUT2D eigenvalue weighted by Crippen LogP contribution is -2.32. The predicted octanol–water partition coefficient (Wildman–Crippen LogP) is 30.2. The molecule has 0 bridgehead atoms. The van der Waals surface area contributed by atoms with Gasteiger partial charge in [0.05, 0.1) is 0 Å². The summed E-state index contributed by atoms with van der Waals surface area (Å²) >= 11 is 0. The fraction of sp³-hybridized carbons (Fsp3) is 0.800. The molecule has 0 aromatic heterocycles. The molecule has 3 rings (SSSR count). The van der Waals surface area contributed by atoms with E-state index in [-0.39, 0.29) is 97.5 Å². The average molecular weight is 1320 g/mol. The molecule has 3 aromatic rings. The molecule has 0 saturated carbocycles. The molecule has 0 atom stereocenters. The molecule has 0 aliphatic carbocycles. The third kappa shape index (κ3) is 28.6. The Kier molecular flexibility index (Phi) is 26.0. The first kappa shape index (κ1) is 85.7. The first-order valence-electron chi connectivity index (χ1n) is 37.4. The van der Waals surface area contributed by atoms with Gasteiger partial charge in [-0.3, -0.25) is 0 Å². The van der Waals surface area contributed by atoms with Crippen LogP contribution in [0.15, 0.2) is 54.6 Å². The molecule has 542 valence electrons. The summed E-state index contributed by atoms with van der Waals surface area (Å²) in [6.07, 6.45) is 12.8. The monoisotopic (exact) mass is 1320 g/mol. The molecule has 3 aromatic carbocycles. The Hall–Kier alpha value is -2.51. The van der Waals surface area contributed by atoms with Crippen LogP contribution in [0.1, 0.15) is 401 Å². The topological polar surface area (TPSA) is 27.7 Å². The van der Waals surface area contributed by atoms with Gasteiger partial charge in [0.1, 0.15) is 17.2 Å². The van der Waals surface area contributed by atoms with Gasteiger partial charge in [-0.25, -0.2) is 0 Å². The van der Waals surface area contributed by atoms with E-state index in [9.17, 15) is 0 Å². The molecule has 0 heterocycles. The van der Waals surface area contributed by atoms with Crippen LogP contribution in [0.5, 0.6) is 17.2 Å². The van der Waals surface area contributed by atoms with Crippen molar-refractivity contribution in [3.63, 3.8) is 0 Å². The first-order valence-corrected chi connectivity index (χ1v) is 38.5. The SMILES string of the molecule is CC(C)(C)CC(C)(C)CC(C)(C)c1ccc(OP(Oc2ccc(C(C)(C)CC(C)(C)CC(C)(C)C)cc2C(C)(C)CC(C)(C)CC(C)(C)C)Oc2ccc(C(C)(C)CC(C)(C)CC(C)(C)C)cc2C(C)(C)CC(C)(C)CC(C)(C)C)c(C(C)(C)CC(C)(C)CC(C)(C)C)c1. The van der Waals surface area contributed by atoms with Gasteiger partial charge in [-0.1, -0.05) is 327 Å². The van der Waals surface area contributed by atoms with Crippen molar-refractivity contribution in [3.05, 3.63) is 88.0 Å². The maximum atomic E-state index is 7.90. The summed E-state index contributed by atoms with van der Waals surface area (Å²) < 4.78 is 23.7. The summed E-state index contributed by atoms with van der Waals surface area (Å²) in [4.78, 5) is 0. The van der Waals surface area contributed by atoms with Gasteiger partial charge in [-0.2, -0.15) is 0 Å². The average Bonchev–Trinajstić information content (AvgIpc) is 0.778. The Balaban J connectivity index is 2.72. The zero-order valence-corrected chi connectivity index (χ0v) is 71.7. The Morgan fingerprint density at radius 1 is 0.202 bits per heavy atom. The summed E-state index contributed by atoms with van der Waals surface area (Å²) in [5.41, 5.74) is 8.09. The highest BCUT2D eigenvalue weighted by atomic mass is 31.2. The lowest BCUT2D eigenvalue weighted by atomic mass is 9.64. The van der Waals surface area contributed by atoms with Gasteiger partial charge in [-0.15, -0.1) is 0 Å². The second-order valence-corrected chi connectivity index (χ2v) is 48.4. The minimum atomic E-state index is -2.17. The van der Waals surface area contributed by atoms with Crippen LogP contribution in [-0.2, 0) is 32.5 Å². The zero-order chi connectivity index (χ0) is 73.7. The number of hydrogen-bond donors (Lipinski definition) is 0. The summed E-state index contributed by atoms with van der Waals surface area (Å²) in [5.74, 6) is 2.52. The van der Waals surface area contributed by atoms with Gasteiger partial charge >= 0.3 is 8.60 Å². The first-order chi connectivity index (χ1) is 41.1. The smallest absolute Gasteiger partial charge is 0.408 e. The van der Waals surface area contributed by atoms with E-state index < -0.39 is 8.60 Å². The van der Waals surface area contributed by atoms with Gasteiger partial charge in [0, 0.05) is 16.7 Å². The molecule has 0 fully saturated rings. The minimum Gasteiger partial charge on any atom is -0.408 e. The van der Waals surface area contributed by atoms with Crippen LogP contribution >= 0.6 is 8.60 Å². The van der Waals surface area contributed by atoms with Crippen molar-refractivity contribution in [1.82, 2.24) is 0 Å². The van der Waals surface area contributed by atoms with Gasteiger partial charge in [0.15, 0.2) is 0 Å². The molecule has 3 nitrogen and oxygen atoms in total. The van der Waals surface area contributed by atoms with Gasteiger partial charge in [0.2, 0.25) is 0 Å². The van der Waals surface area contributed by atoms with Gasteiger partial charge in [0.25, 0.3) is 0 Å². The maximum Gasteiger partial charge on any atom is 0.530 e. The fourth-order valence-corrected chi connectivity index (χ4v) is 22.8. The van der Waals surface area contributed by atoms with Crippen molar-refractivity contribution in [3.8, 4) is 17.2 Å². The van der Waals surface area contributed by atoms with Crippen molar-refractivity contribution in [2.24, 2.45) is 65.0 Å². The molecule has 0 radical (unpaired) electrons. The fourth-order valence-electron chi connectivity index (χ4n) is 21.7. The van der Waals surface area contributed by atoms with Crippen molar-refractivity contribution in [2.75, 3.05) is 0 Å². The Labute approximate surface area is 589 Å². The molecule has 0 unspecified atom stereocenters. The second kappa shape index (κ2) is 28.5. The van der Waals surface area contributed by atoms with Crippen molar-refractivity contribution in [1.29, 1.82) is 0 Å². The normalized spacial score (nSPS) is 15.1. The molecule has 4 heteroatoms. The van der Waals surface area contributed by atoms with E-state index in [4.69, 9.17) is 13.6 Å². The summed E-state index contributed by atoms with van der Waals surface area (Å²) in [7, 11) is -2.17. The van der Waals surface area contributed by atoms with Crippen LogP contribution in [0.3, 0.4) is 0 Å². The molecule has 0 saturated heterocycles. The lowest BCUT2D eigenvalue weighted by molar-refractivity contribution is 0.162. The van der Waals surface area contributed by atoms with E-state index in [2.05, 4.69) is 345 Å². The number of rotatable bonds is 30. The van der Waals surface area contributed by atoms with E-state index >= 15 is 0 Å². The predicted molar refractivity (Wildman–Crippen MR) is 421 cm³/mol. The second-order valence-electron chi connectivity index (χ2n) is 47.4. The summed E-state index contributed by atoms with van der Waals surface area (Å²) in [5, 5.41) is 0. The van der Waals surface area contributed by atoms with Crippen molar-refractivity contribution < 1.29 is 13.6 Å². The molecular weight excluding hydrogens is 1160 g/mol. The van der Waals surface area contributed by atoms with Crippen LogP contribution in [0, 0.1) is 65.0 Å². The zero-order valence-electron chi connectivity index (χ0n) is 70.9. The summed E-state index contributed by atoms with van der Waals surface area (Å²) in [6, 6.07) is 21.7.